The summed E-state index contributed by atoms with van der Waals surface area (Å²) in [6.07, 6.45) is 5.32. The molecule has 0 aliphatic heterocycles. The van der Waals surface area contributed by atoms with Crippen molar-refractivity contribution >= 4 is 24.0 Å². The standard InChI is InChI=1S/C11H12ClNO/c12-11-6-3-4-9(8-14)10(11)5-1-2-7-13/h1,3-6,8H,2,7,13H2. The molecule has 0 radical (unpaired) electrons. The van der Waals surface area contributed by atoms with Gasteiger partial charge >= 0.3 is 0 Å². The molecule has 2 N–H and O–H groups in total. The maximum atomic E-state index is 10.7. The van der Waals surface area contributed by atoms with Gasteiger partial charge in [-0.1, -0.05) is 35.9 Å². The van der Waals surface area contributed by atoms with Crippen LogP contribution in [0, 0.1) is 0 Å². The third-order valence-electron chi connectivity index (χ3n) is 1.83. The molecule has 0 spiro atoms. The van der Waals surface area contributed by atoms with E-state index in [4.69, 9.17) is 17.3 Å². The van der Waals surface area contributed by atoms with Gasteiger partial charge in [0.1, 0.15) is 0 Å². The number of benzene rings is 1. The number of nitrogens with two attached hydrogens (primary N) is 1. The number of rotatable bonds is 4. The van der Waals surface area contributed by atoms with Gasteiger partial charge in [-0.15, -0.1) is 0 Å². The molecule has 74 valence electrons. The minimum atomic E-state index is 0.586. The summed E-state index contributed by atoms with van der Waals surface area (Å²) >= 11 is 5.95. The lowest BCUT2D eigenvalue weighted by Crippen LogP contribution is -1.95. The van der Waals surface area contributed by atoms with Crippen LogP contribution in [-0.4, -0.2) is 12.8 Å². The van der Waals surface area contributed by atoms with Crippen LogP contribution in [0.5, 0.6) is 0 Å². The van der Waals surface area contributed by atoms with E-state index < -0.39 is 0 Å². The number of carbonyl (C=O) groups is 1. The van der Waals surface area contributed by atoms with Crippen molar-refractivity contribution in [1.82, 2.24) is 0 Å². The summed E-state index contributed by atoms with van der Waals surface area (Å²) in [6.45, 7) is 0.595. The van der Waals surface area contributed by atoms with Crippen molar-refractivity contribution in [2.45, 2.75) is 6.42 Å². The minimum Gasteiger partial charge on any atom is -0.330 e. The minimum absolute atomic E-state index is 0.586. The van der Waals surface area contributed by atoms with E-state index in [0.717, 1.165) is 18.3 Å². The molecule has 0 unspecified atom stereocenters. The maximum absolute atomic E-state index is 10.7. The largest absolute Gasteiger partial charge is 0.330 e. The van der Waals surface area contributed by atoms with Gasteiger partial charge in [-0.3, -0.25) is 4.79 Å². The maximum Gasteiger partial charge on any atom is 0.150 e. The van der Waals surface area contributed by atoms with Crippen LogP contribution in [0.2, 0.25) is 5.02 Å². The van der Waals surface area contributed by atoms with E-state index in [9.17, 15) is 4.79 Å². The molecule has 0 aliphatic carbocycles. The Hall–Kier alpha value is -1.12. The van der Waals surface area contributed by atoms with Crippen LogP contribution in [0.3, 0.4) is 0 Å². The summed E-state index contributed by atoms with van der Waals surface area (Å²) in [4.78, 5) is 10.7. The first kappa shape index (κ1) is 11.0. The fourth-order valence-corrected chi connectivity index (χ4v) is 1.37. The summed E-state index contributed by atoms with van der Waals surface area (Å²) in [5.41, 5.74) is 6.71. The monoisotopic (exact) mass is 209 g/mol. The van der Waals surface area contributed by atoms with Gasteiger partial charge in [0, 0.05) is 16.1 Å². The van der Waals surface area contributed by atoms with Crippen LogP contribution < -0.4 is 5.73 Å². The zero-order valence-electron chi connectivity index (χ0n) is 7.74. The lowest BCUT2D eigenvalue weighted by molar-refractivity contribution is 0.112. The number of aldehydes is 1. The Morgan fingerprint density at radius 2 is 2.21 bits per heavy atom. The molecular weight excluding hydrogens is 198 g/mol. The highest BCUT2D eigenvalue weighted by atomic mass is 35.5. The van der Waals surface area contributed by atoms with Crippen molar-refractivity contribution < 1.29 is 4.79 Å². The van der Waals surface area contributed by atoms with Gasteiger partial charge in [-0.2, -0.15) is 0 Å². The first-order valence-electron chi connectivity index (χ1n) is 4.40. The predicted molar refractivity (Wildman–Crippen MR) is 59.5 cm³/mol. The van der Waals surface area contributed by atoms with Crippen molar-refractivity contribution in [3.8, 4) is 0 Å². The summed E-state index contributed by atoms with van der Waals surface area (Å²) < 4.78 is 0. The third-order valence-corrected chi connectivity index (χ3v) is 2.16. The molecule has 1 rings (SSSR count). The number of carbonyl (C=O) groups excluding carboxylic acids is 1. The second kappa shape index (κ2) is 5.58. The molecule has 0 bridgehead atoms. The Labute approximate surface area is 88.4 Å². The van der Waals surface area contributed by atoms with E-state index in [-0.39, 0.29) is 0 Å². The lowest BCUT2D eigenvalue weighted by Gasteiger charge is -2.00. The molecule has 0 aromatic heterocycles. The SMILES string of the molecule is NCCC=Cc1c(Cl)cccc1C=O. The van der Waals surface area contributed by atoms with Crippen LogP contribution in [0.4, 0.5) is 0 Å². The number of hydrogen-bond donors (Lipinski definition) is 1. The van der Waals surface area contributed by atoms with E-state index in [0.29, 0.717) is 17.1 Å². The lowest BCUT2D eigenvalue weighted by atomic mass is 10.1. The molecule has 0 amide bonds. The summed E-state index contributed by atoms with van der Waals surface area (Å²) in [6, 6.07) is 5.25. The van der Waals surface area contributed by atoms with Crippen molar-refractivity contribution in [2.75, 3.05) is 6.54 Å². The van der Waals surface area contributed by atoms with Gasteiger partial charge < -0.3 is 5.73 Å². The first-order chi connectivity index (χ1) is 6.79. The van der Waals surface area contributed by atoms with Crippen LogP contribution >= 0.6 is 11.6 Å². The van der Waals surface area contributed by atoms with Gasteiger partial charge in [0.2, 0.25) is 0 Å². The molecule has 1 aromatic rings. The molecule has 0 saturated carbocycles. The topological polar surface area (TPSA) is 43.1 Å². The molecule has 1 aromatic carbocycles. The fourth-order valence-electron chi connectivity index (χ4n) is 1.13. The third kappa shape index (κ3) is 2.69. The molecule has 0 fully saturated rings. The van der Waals surface area contributed by atoms with E-state index in [1.54, 1.807) is 18.2 Å². The van der Waals surface area contributed by atoms with Crippen molar-refractivity contribution in [3.63, 3.8) is 0 Å². The van der Waals surface area contributed by atoms with Crippen molar-refractivity contribution in [1.29, 1.82) is 0 Å². The highest BCUT2D eigenvalue weighted by Gasteiger charge is 2.01. The molecule has 0 heterocycles. The molecular formula is C11H12ClNO. The number of hydrogen-bond acceptors (Lipinski definition) is 2. The average molecular weight is 210 g/mol. The highest BCUT2D eigenvalue weighted by molar-refractivity contribution is 6.32. The van der Waals surface area contributed by atoms with Gasteiger partial charge in [0.05, 0.1) is 0 Å². The molecule has 2 nitrogen and oxygen atoms in total. The van der Waals surface area contributed by atoms with Crippen LogP contribution in [-0.2, 0) is 0 Å². The first-order valence-corrected chi connectivity index (χ1v) is 4.77. The Morgan fingerprint density at radius 3 is 2.86 bits per heavy atom. The van der Waals surface area contributed by atoms with E-state index in [1.807, 2.05) is 12.2 Å². The van der Waals surface area contributed by atoms with Crippen LogP contribution in [0.25, 0.3) is 6.08 Å². The quantitative estimate of drug-likeness (QED) is 0.775. The Kier molecular flexibility index (Phi) is 4.36. The fraction of sp³-hybridized carbons (Fsp3) is 0.182. The normalized spacial score (nSPS) is 10.7. The predicted octanol–water partition coefficient (Wildman–Crippen LogP) is 2.51. The van der Waals surface area contributed by atoms with Crippen molar-refractivity contribution in [3.05, 3.63) is 40.4 Å². The smallest absolute Gasteiger partial charge is 0.150 e. The van der Waals surface area contributed by atoms with E-state index in [2.05, 4.69) is 0 Å². The zero-order chi connectivity index (χ0) is 10.4. The van der Waals surface area contributed by atoms with E-state index >= 15 is 0 Å². The van der Waals surface area contributed by atoms with E-state index in [1.165, 1.54) is 0 Å². The van der Waals surface area contributed by atoms with Gasteiger partial charge in [-0.05, 0) is 19.0 Å². The van der Waals surface area contributed by atoms with Gasteiger partial charge in [-0.25, -0.2) is 0 Å². The van der Waals surface area contributed by atoms with Crippen LogP contribution in [0.15, 0.2) is 24.3 Å². The Morgan fingerprint density at radius 1 is 1.43 bits per heavy atom. The molecule has 14 heavy (non-hydrogen) atoms. The summed E-state index contributed by atoms with van der Waals surface area (Å²) in [7, 11) is 0. The van der Waals surface area contributed by atoms with Gasteiger partial charge in [0.15, 0.2) is 6.29 Å². The summed E-state index contributed by atoms with van der Waals surface area (Å²) in [5, 5.41) is 0.586. The Balaban J connectivity index is 2.98. The molecule has 0 saturated heterocycles. The Bertz CT molecular complexity index is 347. The second-order valence-corrected chi connectivity index (χ2v) is 3.25. The second-order valence-electron chi connectivity index (χ2n) is 2.84. The average Bonchev–Trinajstić information content (AvgIpc) is 2.20. The van der Waals surface area contributed by atoms with Gasteiger partial charge in [0.25, 0.3) is 0 Å². The summed E-state index contributed by atoms with van der Waals surface area (Å²) in [5.74, 6) is 0. The zero-order valence-corrected chi connectivity index (χ0v) is 8.50. The van der Waals surface area contributed by atoms with Crippen molar-refractivity contribution in [2.24, 2.45) is 5.73 Å². The molecule has 0 atom stereocenters. The molecule has 3 heteroatoms. The highest BCUT2D eigenvalue weighted by Crippen LogP contribution is 2.20. The molecule has 0 aliphatic rings. The van der Waals surface area contributed by atoms with Crippen LogP contribution in [0.1, 0.15) is 22.3 Å². The number of halogens is 1.